The highest BCUT2D eigenvalue weighted by Gasteiger charge is 2.17. The largest absolute Gasteiger partial charge is 0.356 e. The molecule has 5 nitrogen and oxygen atoms in total. The van der Waals surface area contributed by atoms with Crippen molar-refractivity contribution in [2.24, 2.45) is 0 Å². The van der Waals surface area contributed by atoms with Gasteiger partial charge in [0.2, 0.25) is 10.0 Å². The van der Waals surface area contributed by atoms with Crippen LogP contribution < -0.4 is 4.72 Å². The van der Waals surface area contributed by atoms with Gasteiger partial charge in [-0.2, -0.15) is 0 Å². The molecule has 0 aliphatic carbocycles. The average molecular weight is 320 g/mol. The van der Waals surface area contributed by atoms with Crippen LogP contribution in [0, 0.1) is 5.82 Å². The molecule has 0 fully saturated rings. The lowest BCUT2D eigenvalue weighted by Gasteiger charge is -2.06. The maximum absolute atomic E-state index is 13.5. The van der Waals surface area contributed by atoms with Crippen LogP contribution in [0.5, 0.6) is 0 Å². The average Bonchev–Trinajstić information content (AvgIpc) is 2.89. The Morgan fingerprint density at radius 3 is 2.64 bits per heavy atom. The predicted octanol–water partition coefficient (Wildman–Crippen LogP) is 2.59. The van der Waals surface area contributed by atoms with Crippen molar-refractivity contribution in [3.63, 3.8) is 0 Å². The van der Waals surface area contributed by atoms with Gasteiger partial charge in [-0.05, 0) is 18.2 Å². The summed E-state index contributed by atoms with van der Waals surface area (Å²) in [5, 5.41) is 4.44. The highest BCUT2D eigenvalue weighted by Crippen LogP contribution is 2.19. The van der Waals surface area contributed by atoms with E-state index in [9.17, 15) is 12.8 Å². The lowest BCUT2D eigenvalue weighted by Crippen LogP contribution is -2.25. The van der Waals surface area contributed by atoms with Gasteiger partial charge >= 0.3 is 0 Å². The maximum atomic E-state index is 13.5. The maximum Gasteiger partial charge on any atom is 0.217 e. The molecule has 3 aromatic rings. The van der Waals surface area contributed by atoms with Crippen molar-refractivity contribution in [3.8, 4) is 0 Å². The van der Waals surface area contributed by atoms with Crippen molar-refractivity contribution in [1.82, 2.24) is 9.88 Å². The molecule has 0 aliphatic rings. The molecular formula is C15H13FN2O3S. The Kier molecular flexibility index (Phi) is 3.91. The number of halogens is 1. The lowest BCUT2D eigenvalue weighted by molar-refractivity contribution is 0.448. The predicted molar refractivity (Wildman–Crippen MR) is 79.9 cm³/mol. The summed E-state index contributed by atoms with van der Waals surface area (Å²) in [6.45, 7) is -0.106. The van der Waals surface area contributed by atoms with Crippen LogP contribution in [0.3, 0.4) is 0 Å². The van der Waals surface area contributed by atoms with E-state index in [1.807, 2.05) is 0 Å². The smallest absolute Gasteiger partial charge is 0.217 e. The monoisotopic (exact) mass is 320 g/mol. The van der Waals surface area contributed by atoms with Crippen LogP contribution in [-0.4, -0.2) is 13.6 Å². The van der Waals surface area contributed by atoms with Gasteiger partial charge in [0.1, 0.15) is 17.3 Å². The van der Waals surface area contributed by atoms with Gasteiger partial charge in [-0.15, -0.1) is 0 Å². The summed E-state index contributed by atoms with van der Waals surface area (Å²) in [6, 6.07) is 13.0. The summed E-state index contributed by atoms with van der Waals surface area (Å²) in [5.74, 6) is -0.768. The topological polar surface area (TPSA) is 72.2 Å². The molecule has 114 valence electrons. The Bertz CT molecular complexity index is 906. The van der Waals surface area contributed by atoms with E-state index < -0.39 is 15.8 Å². The molecule has 1 aromatic heterocycles. The molecule has 0 unspecified atom stereocenters. The first-order chi connectivity index (χ1) is 10.6. The molecular weight excluding hydrogens is 307 g/mol. The second kappa shape index (κ2) is 5.86. The molecule has 3 rings (SSSR count). The third-order valence-corrected chi connectivity index (χ3v) is 4.46. The number of benzene rings is 2. The molecule has 0 bridgehead atoms. The molecule has 1 N–H and O–H groups in total. The molecule has 0 spiro atoms. The number of para-hydroxylation sites is 1. The zero-order chi connectivity index (χ0) is 15.6. The molecule has 0 saturated heterocycles. The Hall–Kier alpha value is -2.25. The first-order valence-electron chi connectivity index (χ1n) is 6.59. The number of fused-ring (bicyclic) bond motifs is 1. The number of hydrogen-bond acceptors (Lipinski definition) is 4. The third-order valence-electron chi connectivity index (χ3n) is 3.22. The highest BCUT2D eigenvalue weighted by molar-refractivity contribution is 7.88. The first-order valence-corrected chi connectivity index (χ1v) is 8.24. The van der Waals surface area contributed by atoms with Crippen molar-refractivity contribution >= 4 is 21.0 Å². The van der Waals surface area contributed by atoms with Crippen LogP contribution in [0.25, 0.3) is 11.0 Å². The fourth-order valence-corrected chi connectivity index (χ4v) is 3.15. The Morgan fingerprint density at radius 2 is 1.82 bits per heavy atom. The number of aromatic nitrogens is 1. The minimum Gasteiger partial charge on any atom is -0.356 e. The third kappa shape index (κ3) is 3.15. The van der Waals surface area contributed by atoms with E-state index in [4.69, 9.17) is 4.52 Å². The molecule has 0 saturated carbocycles. The van der Waals surface area contributed by atoms with Gasteiger partial charge in [-0.3, -0.25) is 0 Å². The Labute approximate surface area is 126 Å². The fraction of sp³-hybridized carbons (Fsp3) is 0.133. The quantitative estimate of drug-likeness (QED) is 0.784. The molecule has 22 heavy (non-hydrogen) atoms. The summed E-state index contributed by atoms with van der Waals surface area (Å²) >= 11 is 0. The first kappa shape index (κ1) is 14.7. The van der Waals surface area contributed by atoms with Crippen LogP contribution >= 0.6 is 0 Å². The van der Waals surface area contributed by atoms with Gasteiger partial charge < -0.3 is 4.52 Å². The lowest BCUT2D eigenvalue weighted by atomic mass is 10.2. The van der Waals surface area contributed by atoms with Crippen LogP contribution in [0.1, 0.15) is 11.3 Å². The van der Waals surface area contributed by atoms with Crippen molar-refractivity contribution < 1.29 is 17.3 Å². The van der Waals surface area contributed by atoms with E-state index in [0.29, 0.717) is 16.7 Å². The van der Waals surface area contributed by atoms with Crippen molar-refractivity contribution in [2.45, 2.75) is 12.3 Å². The van der Waals surface area contributed by atoms with Gasteiger partial charge in [0.05, 0.1) is 0 Å². The fourth-order valence-electron chi connectivity index (χ4n) is 2.10. The standard InChI is InChI=1S/C15H13FN2O3S/c16-13-7-3-1-5-11(13)9-17-22(19,20)10-14-12-6-2-4-8-15(12)21-18-14/h1-8,17H,9-10H2. The van der Waals surface area contributed by atoms with Gasteiger partial charge in [-0.1, -0.05) is 35.5 Å². The number of sulfonamides is 1. The van der Waals surface area contributed by atoms with Gasteiger partial charge in [0.15, 0.2) is 5.58 Å². The van der Waals surface area contributed by atoms with Crippen LogP contribution in [0.4, 0.5) is 4.39 Å². The molecule has 2 aromatic carbocycles. The minimum absolute atomic E-state index is 0.106. The summed E-state index contributed by atoms with van der Waals surface area (Å²) < 4.78 is 45.2. The summed E-state index contributed by atoms with van der Waals surface area (Å²) in [7, 11) is -3.65. The molecule has 0 amide bonds. The summed E-state index contributed by atoms with van der Waals surface area (Å²) in [5.41, 5.74) is 1.15. The summed E-state index contributed by atoms with van der Waals surface area (Å²) in [4.78, 5) is 0. The van der Waals surface area contributed by atoms with Gasteiger partial charge in [-0.25, -0.2) is 17.5 Å². The zero-order valence-corrected chi connectivity index (χ0v) is 12.3. The Balaban J connectivity index is 1.75. The van der Waals surface area contributed by atoms with E-state index in [1.54, 1.807) is 36.4 Å². The van der Waals surface area contributed by atoms with Crippen LogP contribution in [-0.2, 0) is 22.3 Å². The van der Waals surface area contributed by atoms with Gasteiger partial charge in [0, 0.05) is 17.5 Å². The SMILES string of the molecule is O=S(=O)(Cc1noc2ccccc12)NCc1ccccc1F. The van der Waals surface area contributed by atoms with E-state index in [-0.39, 0.29) is 17.9 Å². The Morgan fingerprint density at radius 1 is 1.09 bits per heavy atom. The van der Waals surface area contributed by atoms with Crippen LogP contribution in [0.15, 0.2) is 53.1 Å². The van der Waals surface area contributed by atoms with Crippen molar-refractivity contribution in [2.75, 3.05) is 0 Å². The highest BCUT2D eigenvalue weighted by atomic mass is 32.2. The van der Waals surface area contributed by atoms with E-state index >= 15 is 0 Å². The second-order valence-corrected chi connectivity index (χ2v) is 6.60. The van der Waals surface area contributed by atoms with Gasteiger partial charge in [0.25, 0.3) is 0 Å². The number of nitrogens with zero attached hydrogens (tertiary/aromatic N) is 1. The molecule has 7 heteroatoms. The van der Waals surface area contributed by atoms with E-state index in [0.717, 1.165) is 0 Å². The second-order valence-electron chi connectivity index (χ2n) is 4.80. The molecule has 1 heterocycles. The number of rotatable bonds is 5. The van der Waals surface area contributed by atoms with Crippen molar-refractivity contribution in [3.05, 3.63) is 65.6 Å². The minimum atomic E-state index is -3.65. The number of hydrogen-bond donors (Lipinski definition) is 1. The number of nitrogens with one attached hydrogen (secondary N) is 1. The van der Waals surface area contributed by atoms with E-state index in [1.165, 1.54) is 12.1 Å². The summed E-state index contributed by atoms with van der Waals surface area (Å²) in [6.07, 6.45) is 0. The normalized spacial score (nSPS) is 11.9. The molecule has 0 aliphatic heterocycles. The van der Waals surface area contributed by atoms with E-state index in [2.05, 4.69) is 9.88 Å². The molecule has 0 atom stereocenters. The zero-order valence-electron chi connectivity index (χ0n) is 11.5. The van der Waals surface area contributed by atoms with Crippen molar-refractivity contribution in [1.29, 1.82) is 0 Å². The van der Waals surface area contributed by atoms with Crippen LogP contribution in [0.2, 0.25) is 0 Å². The molecule has 0 radical (unpaired) electrons.